The standard InChI is InChI=1S/C13H10IN3/c1-17-12-5-3-2-4-10(12)16-13(17)11-8-9(14)6-7-15-11/h2-8H,1H3. The van der Waals surface area contributed by atoms with E-state index in [-0.39, 0.29) is 0 Å². The van der Waals surface area contributed by atoms with Crippen LogP contribution in [0.15, 0.2) is 42.6 Å². The zero-order valence-electron chi connectivity index (χ0n) is 9.26. The minimum atomic E-state index is 0.907. The van der Waals surface area contributed by atoms with Gasteiger partial charge in [-0.05, 0) is 46.9 Å². The molecule has 3 nitrogen and oxygen atoms in total. The lowest BCUT2D eigenvalue weighted by Gasteiger charge is -2.01. The van der Waals surface area contributed by atoms with Crippen molar-refractivity contribution in [1.29, 1.82) is 0 Å². The van der Waals surface area contributed by atoms with Gasteiger partial charge in [0, 0.05) is 16.8 Å². The molecule has 3 aromatic rings. The normalized spacial score (nSPS) is 10.9. The van der Waals surface area contributed by atoms with Crippen molar-refractivity contribution in [2.75, 3.05) is 0 Å². The second kappa shape index (κ2) is 4.10. The van der Waals surface area contributed by atoms with E-state index >= 15 is 0 Å². The molecule has 0 fully saturated rings. The lowest BCUT2D eigenvalue weighted by molar-refractivity contribution is 0.950. The molecule has 0 radical (unpaired) electrons. The van der Waals surface area contributed by atoms with Gasteiger partial charge in [0.15, 0.2) is 5.82 Å². The maximum Gasteiger partial charge on any atom is 0.159 e. The van der Waals surface area contributed by atoms with Crippen molar-refractivity contribution >= 4 is 33.6 Å². The Morgan fingerprint density at radius 3 is 2.76 bits per heavy atom. The Balaban J connectivity index is 2.27. The van der Waals surface area contributed by atoms with Gasteiger partial charge in [-0.3, -0.25) is 4.98 Å². The number of aromatic nitrogens is 3. The molecule has 0 saturated carbocycles. The predicted molar refractivity (Wildman–Crippen MR) is 76.7 cm³/mol. The molecule has 0 N–H and O–H groups in total. The van der Waals surface area contributed by atoms with Gasteiger partial charge in [0.25, 0.3) is 0 Å². The van der Waals surface area contributed by atoms with E-state index in [0.29, 0.717) is 0 Å². The average Bonchev–Trinajstić information content (AvgIpc) is 2.68. The molecule has 2 heterocycles. The van der Waals surface area contributed by atoms with Gasteiger partial charge in [-0.15, -0.1) is 0 Å². The molecule has 1 aromatic carbocycles. The van der Waals surface area contributed by atoms with E-state index in [0.717, 1.165) is 22.6 Å². The fourth-order valence-corrected chi connectivity index (χ4v) is 2.36. The van der Waals surface area contributed by atoms with E-state index < -0.39 is 0 Å². The fraction of sp³-hybridized carbons (Fsp3) is 0.0769. The Hall–Kier alpha value is -1.43. The van der Waals surface area contributed by atoms with Gasteiger partial charge in [-0.1, -0.05) is 12.1 Å². The molecule has 0 unspecified atom stereocenters. The third kappa shape index (κ3) is 1.82. The highest BCUT2D eigenvalue weighted by molar-refractivity contribution is 14.1. The summed E-state index contributed by atoms with van der Waals surface area (Å²) in [6, 6.07) is 12.1. The molecule has 0 aliphatic heterocycles. The molecule has 84 valence electrons. The van der Waals surface area contributed by atoms with Crippen LogP contribution in [-0.2, 0) is 7.05 Å². The van der Waals surface area contributed by atoms with Crippen molar-refractivity contribution in [3.8, 4) is 11.5 Å². The number of aryl methyl sites for hydroxylation is 1. The summed E-state index contributed by atoms with van der Waals surface area (Å²) >= 11 is 2.29. The number of benzene rings is 1. The summed E-state index contributed by atoms with van der Waals surface area (Å²) in [5.41, 5.74) is 3.05. The van der Waals surface area contributed by atoms with Gasteiger partial charge in [-0.2, -0.15) is 0 Å². The molecule has 0 aliphatic rings. The van der Waals surface area contributed by atoms with Crippen molar-refractivity contribution in [1.82, 2.24) is 14.5 Å². The summed E-state index contributed by atoms with van der Waals surface area (Å²) in [6.07, 6.45) is 1.82. The van der Waals surface area contributed by atoms with Crippen molar-refractivity contribution in [3.63, 3.8) is 0 Å². The second-order valence-electron chi connectivity index (χ2n) is 3.84. The molecular weight excluding hydrogens is 325 g/mol. The molecule has 0 saturated heterocycles. The summed E-state index contributed by atoms with van der Waals surface area (Å²) in [5, 5.41) is 0. The first kappa shape index (κ1) is 10.7. The molecular formula is C13H10IN3. The van der Waals surface area contributed by atoms with E-state index in [9.17, 15) is 0 Å². The van der Waals surface area contributed by atoms with Crippen molar-refractivity contribution < 1.29 is 0 Å². The molecule has 4 heteroatoms. The van der Waals surface area contributed by atoms with E-state index in [1.165, 1.54) is 3.57 Å². The van der Waals surface area contributed by atoms with E-state index in [1.807, 2.05) is 43.6 Å². The molecule has 0 amide bonds. The quantitative estimate of drug-likeness (QED) is 0.639. The highest BCUT2D eigenvalue weighted by Gasteiger charge is 2.10. The first-order valence-corrected chi connectivity index (χ1v) is 6.37. The van der Waals surface area contributed by atoms with Crippen LogP contribution in [0.25, 0.3) is 22.6 Å². The van der Waals surface area contributed by atoms with Gasteiger partial charge in [0.2, 0.25) is 0 Å². The number of para-hydroxylation sites is 2. The molecule has 3 rings (SSSR count). The van der Waals surface area contributed by atoms with Crippen LogP contribution in [0.2, 0.25) is 0 Å². The fourth-order valence-electron chi connectivity index (χ4n) is 1.90. The second-order valence-corrected chi connectivity index (χ2v) is 5.09. The van der Waals surface area contributed by atoms with E-state index in [1.54, 1.807) is 0 Å². The molecule has 17 heavy (non-hydrogen) atoms. The summed E-state index contributed by atoms with van der Waals surface area (Å²) < 4.78 is 3.24. The number of fused-ring (bicyclic) bond motifs is 1. The number of nitrogens with zero attached hydrogens (tertiary/aromatic N) is 3. The van der Waals surface area contributed by atoms with Gasteiger partial charge in [-0.25, -0.2) is 4.98 Å². The zero-order chi connectivity index (χ0) is 11.8. The Labute approximate surface area is 113 Å². The SMILES string of the molecule is Cn1c(-c2cc(I)ccn2)nc2ccccc21. The highest BCUT2D eigenvalue weighted by Crippen LogP contribution is 2.22. The van der Waals surface area contributed by atoms with Gasteiger partial charge in [0.1, 0.15) is 5.69 Å². The van der Waals surface area contributed by atoms with Crippen molar-refractivity contribution in [2.45, 2.75) is 0 Å². The highest BCUT2D eigenvalue weighted by atomic mass is 127. The first-order valence-electron chi connectivity index (χ1n) is 5.29. The Kier molecular flexibility index (Phi) is 2.58. The molecule has 0 spiro atoms. The maximum absolute atomic E-state index is 4.62. The Morgan fingerprint density at radius 2 is 2.00 bits per heavy atom. The summed E-state index contributed by atoms with van der Waals surface area (Å²) in [6.45, 7) is 0. The summed E-state index contributed by atoms with van der Waals surface area (Å²) in [5.74, 6) is 0.907. The van der Waals surface area contributed by atoms with Crippen LogP contribution >= 0.6 is 22.6 Å². The van der Waals surface area contributed by atoms with Gasteiger partial charge >= 0.3 is 0 Å². The number of hydrogen-bond donors (Lipinski definition) is 0. The van der Waals surface area contributed by atoms with Crippen LogP contribution < -0.4 is 0 Å². The minimum Gasteiger partial charge on any atom is -0.326 e. The topological polar surface area (TPSA) is 30.7 Å². The smallest absolute Gasteiger partial charge is 0.159 e. The zero-order valence-corrected chi connectivity index (χ0v) is 11.4. The van der Waals surface area contributed by atoms with Crippen LogP contribution in [0.5, 0.6) is 0 Å². The Morgan fingerprint density at radius 1 is 1.18 bits per heavy atom. The van der Waals surface area contributed by atoms with Crippen molar-refractivity contribution in [2.24, 2.45) is 7.05 Å². The lowest BCUT2D eigenvalue weighted by Crippen LogP contribution is -1.94. The van der Waals surface area contributed by atoms with Crippen LogP contribution in [-0.4, -0.2) is 14.5 Å². The predicted octanol–water partition coefficient (Wildman–Crippen LogP) is 3.24. The number of hydrogen-bond acceptors (Lipinski definition) is 2. The minimum absolute atomic E-state index is 0.907. The lowest BCUT2D eigenvalue weighted by atomic mass is 10.3. The molecule has 2 aromatic heterocycles. The average molecular weight is 335 g/mol. The third-order valence-electron chi connectivity index (χ3n) is 2.74. The summed E-state index contributed by atoms with van der Waals surface area (Å²) in [4.78, 5) is 9.00. The molecule has 0 aliphatic carbocycles. The first-order chi connectivity index (χ1) is 8.25. The summed E-state index contributed by atoms with van der Waals surface area (Å²) in [7, 11) is 2.02. The third-order valence-corrected chi connectivity index (χ3v) is 3.41. The monoisotopic (exact) mass is 335 g/mol. The van der Waals surface area contributed by atoms with Crippen LogP contribution in [0, 0.1) is 3.57 Å². The van der Waals surface area contributed by atoms with E-state index in [4.69, 9.17) is 0 Å². The molecule has 0 bridgehead atoms. The number of rotatable bonds is 1. The van der Waals surface area contributed by atoms with Crippen LogP contribution in [0.1, 0.15) is 0 Å². The Bertz CT molecular complexity index is 688. The van der Waals surface area contributed by atoms with Crippen LogP contribution in [0.4, 0.5) is 0 Å². The van der Waals surface area contributed by atoms with Gasteiger partial charge in [0.05, 0.1) is 11.0 Å². The number of imidazole rings is 1. The molecule has 0 atom stereocenters. The van der Waals surface area contributed by atoms with Gasteiger partial charge < -0.3 is 4.57 Å². The van der Waals surface area contributed by atoms with Crippen molar-refractivity contribution in [3.05, 3.63) is 46.2 Å². The number of halogens is 1. The van der Waals surface area contributed by atoms with E-state index in [2.05, 4.69) is 43.2 Å². The number of pyridine rings is 1. The maximum atomic E-state index is 4.62. The van der Waals surface area contributed by atoms with Crippen LogP contribution in [0.3, 0.4) is 0 Å². The largest absolute Gasteiger partial charge is 0.326 e.